The van der Waals surface area contributed by atoms with Crippen molar-refractivity contribution < 1.29 is 18.3 Å². The molecule has 0 bridgehead atoms. The molecule has 1 N–H and O–H groups in total. The Balaban J connectivity index is 1.65. The highest BCUT2D eigenvalue weighted by atomic mass is 32.2. The maximum Gasteiger partial charge on any atom is 0.234 e. The molecule has 0 aliphatic carbocycles. The first-order chi connectivity index (χ1) is 11.0. The van der Waals surface area contributed by atoms with Gasteiger partial charge in [0.05, 0.1) is 18.0 Å². The minimum Gasteiger partial charge on any atom is -0.493 e. The molecule has 0 heterocycles. The second-order valence-corrected chi connectivity index (χ2v) is 5.99. The van der Waals surface area contributed by atoms with Crippen molar-refractivity contribution in [2.24, 2.45) is 0 Å². The topological polar surface area (TPSA) is 38.3 Å². The predicted octanol–water partition coefficient (Wildman–Crippen LogP) is 4.02. The number of nitrogens with one attached hydrogen (secondary N) is 1. The average molecular weight is 337 g/mol. The summed E-state index contributed by atoms with van der Waals surface area (Å²) in [5.41, 5.74) is 1.14. The fourth-order valence-corrected chi connectivity index (χ4v) is 2.40. The number of aryl methyl sites for hydroxylation is 1. The van der Waals surface area contributed by atoms with Crippen LogP contribution in [0.2, 0.25) is 0 Å². The van der Waals surface area contributed by atoms with Crippen LogP contribution in [0.3, 0.4) is 0 Å². The molecule has 2 aromatic carbocycles. The lowest BCUT2D eigenvalue weighted by atomic mass is 10.2. The summed E-state index contributed by atoms with van der Waals surface area (Å²) in [6, 6.07) is 10.8. The molecule has 0 aliphatic rings. The van der Waals surface area contributed by atoms with Gasteiger partial charge in [0.25, 0.3) is 0 Å². The summed E-state index contributed by atoms with van der Waals surface area (Å²) in [6.07, 6.45) is 0. The smallest absolute Gasteiger partial charge is 0.234 e. The van der Waals surface area contributed by atoms with Crippen LogP contribution in [-0.2, 0) is 4.79 Å². The van der Waals surface area contributed by atoms with Crippen molar-refractivity contribution >= 4 is 23.4 Å². The lowest BCUT2D eigenvalue weighted by molar-refractivity contribution is -0.113. The molecule has 0 aliphatic heterocycles. The molecule has 0 unspecified atom stereocenters. The number of amides is 1. The van der Waals surface area contributed by atoms with E-state index in [1.165, 1.54) is 17.8 Å². The van der Waals surface area contributed by atoms with Crippen LogP contribution in [-0.4, -0.2) is 24.0 Å². The van der Waals surface area contributed by atoms with Crippen molar-refractivity contribution in [3.05, 3.63) is 59.7 Å². The highest BCUT2D eigenvalue weighted by molar-refractivity contribution is 7.99. The van der Waals surface area contributed by atoms with Crippen LogP contribution in [0.1, 0.15) is 5.56 Å². The second-order valence-electron chi connectivity index (χ2n) is 4.89. The van der Waals surface area contributed by atoms with Crippen molar-refractivity contribution in [2.45, 2.75) is 6.92 Å². The van der Waals surface area contributed by atoms with Gasteiger partial charge in [-0.05, 0) is 31.2 Å². The molecule has 0 aromatic heterocycles. The van der Waals surface area contributed by atoms with Gasteiger partial charge < -0.3 is 10.1 Å². The molecule has 2 rings (SSSR count). The molecule has 0 fully saturated rings. The predicted molar refractivity (Wildman–Crippen MR) is 89.0 cm³/mol. The number of rotatable bonds is 7. The van der Waals surface area contributed by atoms with Crippen molar-refractivity contribution in [3.8, 4) is 5.75 Å². The van der Waals surface area contributed by atoms with Gasteiger partial charge in [0.1, 0.15) is 17.4 Å². The highest BCUT2D eigenvalue weighted by Gasteiger charge is 2.08. The van der Waals surface area contributed by atoms with E-state index in [0.29, 0.717) is 12.4 Å². The Kier molecular flexibility index (Phi) is 6.40. The Hall–Kier alpha value is -2.08. The molecule has 0 radical (unpaired) electrons. The molecular weight excluding hydrogens is 320 g/mol. The van der Waals surface area contributed by atoms with Crippen LogP contribution in [0.15, 0.2) is 42.5 Å². The fraction of sp³-hybridized carbons (Fsp3) is 0.235. The Morgan fingerprint density at radius 2 is 1.91 bits per heavy atom. The number of thioether (sulfide) groups is 1. The number of benzene rings is 2. The first-order valence-electron chi connectivity index (χ1n) is 7.07. The standard InChI is InChI=1S/C17H17F2NO2S/c1-12-2-5-14(6-3-12)22-8-9-23-11-17(21)20-16-7-4-13(18)10-15(16)19/h2-7,10H,8-9,11H2,1H3,(H,20,21). The van der Waals surface area contributed by atoms with E-state index >= 15 is 0 Å². The number of anilines is 1. The maximum atomic E-state index is 13.4. The van der Waals surface area contributed by atoms with E-state index < -0.39 is 11.6 Å². The summed E-state index contributed by atoms with van der Waals surface area (Å²) >= 11 is 1.38. The Bertz CT molecular complexity index is 662. The van der Waals surface area contributed by atoms with Gasteiger partial charge in [0.2, 0.25) is 5.91 Å². The molecular formula is C17H17F2NO2S. The van der Waals surface area contributed by atoms with E-state index in [9.17, 15) is 13.6 Å². The van der Waals surface area contributed by atoms with Crippen LogP contribution < -0.4 is 10.1 Å². The zero-order chi connectivity index (χ0) is 16.7. The number of carbonyl (C=O) groups is 1. The largest absolute Gasteiger partial charge is 0.493 e. The monoisotopic (exact) mass is 337 g/mol. The van der Waals surface area contributed by atoms with Gasteiger partial charge in [-0.15, -0.1) is 11.8 Å². The van der Waals surface area contributed by atoms with E-state index in [-0.39, 0.29) is 17.3 Å². The summed E-state index contributed by atoms with van der Waals surface area (Å²) in [6.45, 7) is 2.48. The molecule has 1 amide bonds. The highest BCUT2D eigenvalue weighted by Crippen LogP contribution is 2.16. The minimum atomic E-state index is -0.786. The first-order valence-corrected chi connectivity index (χ1v) is 8.22. The van der Waals surface area contributed by atoms with Crippen molar-refractivity contribution in [3.63, 3.8) is 0 Å². The summed E-state index contributed by atoms with van der Waals surface area (Å²) < 4.78 is 31.7. The number of hydrogen-bond acceptors (Lipinski definition) is 3. The van der Waals surface area contributed by atoms with Crippen molar-refractivity contribution in [1.82, 2.24) is 0 Å². The van der Waals surface area contributed by atoms with Gasteiger partial charge in [-0.25, -0.2) is 8.78 Å². The first kappa shape index (κ1) is 17.3. The normalized spacial score (nSPS) is 10.4. The zero-order valence-corrected chi connectivity index (χ0v) is 13.5. The van der Waals surface area contributed by atoms with Crippen LogP contribution >= 0.6 is 11.8 Å². The van der Waals surface area contributed by atoms with Gasteiger partial charge in [0.15, 0.2) is 0 Å². The minimum absolute atomic E-state index is 0.0205. The van der Waals surface area contributed by atoms with E-state index in [4.69, 9.17) is 4.74 Å². The Morgan fingerprint density at radius 1 is 1.17 bits per heavy atom. The van der Waals surface area contributed by atoms with Gasteiger partial charge in [-0.2, -0.15) is 0 Å². The van der Waals surface area contributed by atoms with E-state index in [2.05, 4.69) is 5.32 Å². The van der Waals surface area contributed by atoms with Crippen LogP contribution in [0.25, 0.3) is 0 Å². The summed E-state index contributed by atoms with van der Waals surface area (Å²) in [5, 5.41) is 2.41. The van der Waals surface area contributed by atoms with Crippen molar-refractivity contribution in [2.75, 3.05) is 23.4 Å². The Morgan fingerprint density at radius 3 is 2.61 bits per heavy atom. The van der Waals surface area contributed by atoms with Crippen LogP contribution in [0, 0.1) is 18.6 Å². The van der Waals surface area contributed by atoms with Gasteiger partial charge >= 0.3 is 0 Å². The number of ether oxygens (including phenoxy) is 1. The molecule has 122 valence electrons. The fourth-order valence-electron chi connectivity index (χ4n) is 1.79. The number of carbonyl (C=O) groups excluding carboxylic acids is 1. The second kappa shape index (κ2) is 8.53. The maximum absolute atomic E-state index is 13.4. The Labute approximate surface area is 138 Å². The van der Waals surface area contributed by atoms with Crippen molar-refractivity contribution in [1.29, 1.82) is 0 Å². The molecule has 0 atom stereocenters. The summed E-state index contributed by atoms with van der Waals surface area (Å²) in [4.78, 5) is 11.7. The lowest BCUT2D eigenvalue weighted by Gasteiger charge is -2.08. The molecule has 23 heavy (non-hydrogen) atoms. The molecule has 3 nitrogen and oxygen atoms in total. The van der Waals surface area contributed by atoms with Gasteiger partial charge in [-0.3, -0.25) is 4.79 Å². The van der Waals surface area contributed by atoms with E-state index in [1.54, 1.807) is 0 Å². The lowest BCUT2D eigenvalue weighted by Crippen LogP contribution is -2.16. The molecule has 2 aromatic rings. The third kappa shape index (κ3) is 5.90. The van der Waals surface area contributed by atoms with Crippen LogP contribution in [0.4, 0.5) is 14.5 Å². The third-order valence-corrected chi connectivity index (χ3v) is 3.88. The van der Waals surface area contributed by atoms with Gasteiger partial charge in [0, 0.05) is 11.8 Å². The van der Waals surface area contributed by atoms with E-state index in [1.807, 2.05) is 31.2 Å². The quantitative estimate of drug-likeness (QED) is 0.776. The molecule has 6 heteroatoms. The average Bonchev–Trinajstić information content (AvgIpc) is 2.51. The van der Waals surface area contributed by atoms with Crippen LogP contribution in [0.5, 0.6) is 5.75 Å². The number of hydrogen-bond donors (Lipinski definition) is 1. The molecule has 0 saturated carbocycles. The number of halogens is 2. The van der Waals surface area contributed by atoms with E-state index in [0.717, 1.165) is 23.4 Å². The molecule has 0 spiro atoms. The zero-order valence-electron chi connectivity index (χ0n) is 12.6. The third-order valence-electron chi connectivity index (χ3n) is 2.96. The molecule has 0 saturated heterocycles. The summed E-state index contributed by atoms with van der Waals surface area (Å²) in [5.74, 6) is -0.208. The SMILES string of the molecule is Cc1ccc(OCCSCC(=O)Nc2ccc(F)cc2F)cc1. The van der Waals surface area contributed by atoms with Gasteiger partial charge in [-0.1, -0.05) is 17.7 Å². The summed E-state index contributed by atoms with van der Waals surface area (Å²) in [7, 11) is 0.